The molecule has 5 nitrogen and oxygen atoms in total. The van der Waals surface area contributed by atoms with Gasteiger partial charge in [0.25, 0.3) is 5.91 Å². The predicted octanol–water partition coefficient (Wildman–Crippen LogP) is 3.14. The number of amides is 1. The summed E-state index contributed by atoms with van der Waals surface area (Å²) in [7, 11) is 1.50. The van der Waals surface area contributed by atoms with Crippen molar-refractivity contribution in [3.63, 3.8) is 0 Å². The van der Waals surface area contributed by atoms with E-state index in [9.17, 15) is 4.79 Å². The fraction of sp³-hybridized carbons (Fsp3) is 0.533. The number of carbonyl (C=O) groups excluding carboxylic acids is 1. The average molecular weight is 313 g/mol. The molecule has 1 fully saturated rings. The third-order valence-electron chi connectivity index (χ3n) is 3.49. The molecule has 21 heavy (non-hydrogen) atoms. The lowest BCUT2D eigenvalue weighted by Gasteiger charge is -2.22. The van der Waals surface area contributed by atoms with E-state index in [1.165, 1.54) is 26.4 Å². The van der Waals surface area contributed by atoms with Crippen LogP contribution in [-0.4, -0.2) is 25.7 Å². The standard InChI is InChI=1S/C15H21ClN2O3/c1-20-18-14-9-12(7-8-13(14)16)21-10-15(19)17-11-5-3-2-4-6-11/h7-9,11,18H,2-6,10H2,1H3,(H,17,19). The fourth-order valence-electron chi connectivity index (χ4n) is 2.45. The second-order valence-electron chi connectivity index (χ2n) is 5.14. The van der Waals surface area contributed by atoms with Crippen LogP contribution in [0.4, 0.5) is 5.69 Å². The zero-order valence-corrected chi connectivity index (χ0v) is 12.9. The summed E-state index contributed by atoms with van der Waals surface area (Å²) in [4.78, 5) is 16.7. The Morgan fingerprint density at radius 2 is 2.10 bits per heavy atom. The van der Waals surface area contributed by atoms with Gasteiger partial charge in [-0.3, -0.25) is 15.1 Å². The summed E-state index contributed by atoms with van der Waals surface area (Å²) in [5.41, 5.74) is 3.26. The van der Waals surface area contributed by atoms with Gasteiger partial charge in [0, 0.05) is 12.1 Å². The molecule has 1 aromatic carbocycles. The molecule has 6 heteroatoms. The Hall–Kier alpha value is -1.46. The molecule has 2 N–H and O–H groups in total. The van der Waals surface area contributed by atoms with Gasteiger partial charge in [-0.1, -0.05) is 30.9 Å². The van der Waals surface area contributed by atoms with Crippen LogP contribution in [0.1, 0.15) is 32.1 Å². The third-order valence-corrected chi connectivity index (χ3v) is 3.82. The van der Waals surface area contributed by atoms with E-state index < -0.39 is 0 Å². The van der Waals surface area contributed by atoms with Crippen molar-refractivity contribution in [2.24, 2.45) is 0 Å². The molecule has 1 aliphatic rings. The predicted molar refractivity (Wildman–Crippen MR) is 82.6 cm³/mol. The maximum Gasteiger partial charge on any atom is 0.258 e. The van der Waals surface area contributed by atoms with Crippen LogP contribution in [0.3, 0.4) is 0 Å². The summed E-state index contributed by atoms with van der Waals surface area (Å²) in [6.45, 7) is 0.00452. The molecule has 0 radical (unpaired) electrons. The Kier molecular flexibility index (Phi) is 6.14. The summed E-state index contributed by atoms with van der Waals surface area (Å²) in [5.74, 6) is 0.482. The minimum absolute atomic E-state index is 0.00452. The van der Waals surface area contributed by atoms with Crippen LogP contribution in [0.5, 0.6) is 5.75 Å². The van der Waals surface area contributed by atoms with Gasteiger partial charge < -0.3 is 10.1 Å². The van der Waals surface area contributed by atoms with Crippen LogP contribution in [0.15, 0.2) is 18.2 Å². The lowest BCUT2D eigenvalue weighted by Crippen LogP contribution is -2.38. The Bertz CT molecular complexity index is 476. The second kappa shape index (κ2) is 8.10. The van der Waals surface area contributed by atoms with Crippen LogP contribution in [-0.2, 0) is 9.63 Å². The van der Waals surface area contributed by atoms with Gasteiger partial charge in [0.2, 0.25) is 0 Å². The Labute approximate surface area is 129 Å². The summed E-state index contributed by atoms with van der Waals surface area (Å²) in [5, 5.41) is 3.53. The molecular weight excluding hydrogens is 292 g/mol. The number of nitrogens with one attached hydrogen (secondary N) is 2. The Balaban J connectivity index is 1.81. The van der Waals surface area contributed by atoms with Crippen molar-refractivity contribution < 1.29 is 14.4 Å². The van der Waals surface area contributed by atoms with E-state index >= 15 is 0 Å². The number of hydrogen-bond donors (Lipinski definition) is 2. The zero-order chi connectivity index (χ0) is 15.1. The van der Waals surface area contributed by atoms with Gasteiger partial charge in [-0.15, -0.1) is 0 Å². The molecule has 1 aliphatic carbocycles. The summed E-state index contributed by atoms with van der Waals surface area (Å²) in [6.07, 6.45) is 5.77. The van der Waals surface area contributed by atoms with E-state index in [1.54, 1.807) is 18.2 Å². The number of halogens is 1. The van der Waals surface area contributed by atoms with Crippen molar-refractivity contribution in [1.82, 2.24) is 5.32 Å². The highest BCUT2D eigenvalue weighted by molar-refractivity contribution is 6.33. The van der Waals surface area contributed by atoms with Gasteiger partial charge in [-0.25, -0.2) is 0 Å². The summed E-state index contributed by atoms with van der Waals surface area (Å²) in [6, 6.07) is 5.40. The summed E-state index contributed by atoms with van der Waals surface area (Å²) >= 11 is 5.99. The number of anilines is 1. The molecule has 0 aromatic heterocycles. The molecule has 1 amide bonds. The van der Waals surface area contributed by atoms with Crippen LogP contribution in [0.25, 0.3) is 0 Å². The topological polar surface area (TPSA) is 59.6 Å². The molecule has 2 rings (SSSR count). The number of ether oxygens (including phenoxy) is 1. The van der Waals surface area contributed by atoms with Gasteiger partial charge in [-0.2, -0.15) is 0 Å². The van der Waals surface area contributed by atoms with E-state index in [-0.39, 0.29) is 12.5 Å². The maximum atomic E-state index is 11.9. The van der Waals surface area contributed by atoms with Gasteiger partial charge in [0.15, 0.2) is 6.61 Å². The lowest BCUT2D eigenvalue weighted by atomic mass is 9.95. The third kappa shape index (κ3) is 5.10. The van der Waals surface area contributed by atoms with E-state index in [4.69, 9.17) is 21.2 Å². The first kappa shape index (κ1) is 15.9. The van der Waals surface area contributed by atoms with Crippen LogP contribution in [0.2, 0.25) is 5.02 Å². The Morgan fingerprint density at radius 1 is 1.33 bits per heavy atom. The highest BCUT2D eigenvalue weighted by atomic mass is 35.5. The van der Waals surface area contributed by atoms with Crippen molar-refractivity contribution in [1.29, 1.82) is 0 Å². The zero-order valence-electron chi connectivity index (χ0n) is 12.2. The molecule has 0 atom stereocenters. The number of carbonyl (C=O) groups is 1. The first-order valence-electron chi connectivity index (χ1n) is 7.20. The smallest absolute Gasteiger partial charge is 0.258 e. The molecule has 0 bridgehead atoms. The highest BCUT2D eigenvalue weighted by Crippen LogP contribution is 2.26. The minimum Gasteiger partial charge on any atom is -0.484 e. The highest BCUT2D eigenvalue weighted by Gasteiger charge is 2.15. The van der Waals surface area contributed by atoms with Crippen molar-refractivity contribution >= 4 is 23.2 Å². The molecular formula is C15H21ClN2O3. The van der Waals surface area contributed by atoms with E-state index in [0.29, 0.717) is 22.5 Å². The van der Waals surface area contributed by atoms with Crippen LogP contribution in [0, 0.1) is 0 Å². The van der Waals surface area contributed by atoms with E-state index in [2.05, 4.69) is 10.8 Å². The maximum absolute atomic E-state index is 11.9. The van der Waals surface area contributed by atoms with Gasteiger partial charge in [0.1, 0.15) is 5.75 Å². The normalized spacial score (nSPS) is 15.5. The van der Waals surface area contributed by atoms with Crippen molar-refractivity contribution in [2.45, 2.75) is 38.1 Å². The molecule has 0 spiro atoms. The van der Waals surface area contributed by atoms with Crippen molar-refractivity contribution in [3.05, 3.63) is 23.2 Å². The molecule has 1 aromatic rings. The number of rotatable bonds is 6. The number of benzene rings is 1. The number of hydrogen-bond acceptors (Lipinski definition) is 4. The van der Waals surface area contributed by atoms with E-state index in [1.807, 2.05) is 0 Å². The SMILES string of the molecule is CONc1cc(OCC(=O)NC2CCCCC2)ccc1Cl. The Morgan fingerprint density at radius 3 is 2.81 bits per heavy atom. The van der Waals surface area contributed by atoms with Crippen LogP contribution >= 0.6 is 11.6 Å². The second-order valence-corrected chi connectivity index (χ2v) is 5.55. The van der Waals surface area contributed by atoms with Crippen molar-refractivity contribution in [2.75, 3.05) is 19.2 Å². The lowest BCUT2D eigenvalue weighted by molar-refractivity contribution is -0.124. The first-order valence-corrected chi connectivity index (χ1v) is 7.57. The minimum atomic E-state index is -0.0851. The van der Waals surface area contributed by atoms with Gasteiger partial charge in [-0.05, 0) is 25.0 Å². The van der Waals surface area contributed by atoms with Gasteiger partial charge in [0.05, 0.1) is 17.8 Å². The van der Waals surface area contributed by atoms with E-state index in [0.717, 1.165) is 12.8 Å². The monoisotopic (exact) mass is 312 g/mol. The molecule has 116 valence electrons. The summed E-state index contributed by atoms with van der Waals surface area (Å²) < 4.78 is 5.49. The molecule has 0 unspecified atom stereocenters. The first-order chi connectivity index (χ1) is 10.2. The fourth-order valence-corrected chi connectivity index (χ4v) is 2.60. The molecule has 1 saturated carbocycles. The molecule has 0 saturated heterocycles. The molecule has 0 aliphatic heterocycles. The van der Waals surface area contributed by atoms with Gasteiger partial charge >= 0.3 is 0 Å². The van der Waals surface area contributed by atoms with Crippen molar-refractivity contribution in [3.8, 4) is 5.75 Å². The average Bonchev–Trinajstić information content (AvgIpc) is 2.49. The largest absolute Gasteiger partial charge is 0.484 e. The quantitative estimate of drug-likeness (QED) is 0.792. The molecule has 0 heterocycles. The van der Waals surface area contributed by atoms with Crippen LogP contribution < -0.4 is 15.5 Å².